The molecule has 0 aromatic rings. The molecule has 2 amide bonds. The van der Waals surface area contributed by atoms with E-state index in [0.717, 1.165) is 13.8 Å². The van der Waals surface area contributed by atoms with Crippen molar-refractivity contribution in [1.29, 1.82) is 0 Å². The second-order valence-electron chi connectivity index (χ2n) is 9.81. The van der Waals surface area contributed by atoms with Gasteiger partial charge < -0.3 is 80.3 Å². The molecule has 40 heavy (non-hydrogen) atoms. The maximum atomic E-state index is 11.6. The molecule has 0 spiro atoms. The van der Waals surface area contributed by atoms with Gasteiger partial charge in [0.25, 0.3) is 0 Å². The number of hydrogen-bond donors (Lipinski definition) is 11. The van der Waals surface area contributed by atoms with Gasteiger partial charge >= 0.3 is 0 Å². The number of carbonyl (C=O) groups excluding carboxylic acids is 2. The first kappa shape index (κ1) is 32.9. The predicted octanol–water partition coefficient (Wildman–Crippen LogP) is -7.29. The highest BCUT2D eigenvalue weighted by atomic mass is 16.7. The van der Waals surface area contributed by atoms with E-state index in [0.29, 0.717) is 0 Å². The van der Waals surface area contributed by atoms with Crippen LogP contribution in [-0.2, 0) is 33.3 Å². The van der Waals surface area contributed by atoms with E-state index in [4.69, 9.17) is 23.7 Å². The number of carbonyl (C=O) groups is 2. The van der Waals surface area contributed by atoms with Crippen LogP contribution in [-0.4, -0.2) is 170 Å². The lowest BCUT2D eigenvalue weighted by atomic mass is 9.94. The smallest absolute Gasteiger partial charge is 0.217 e. The van der Waals surface area contributed by atoms with E-state index in [2.05, 4.69) is 10.6 Å². The summed E-state index contributed by atoms with van der Waals surface area (Å²) in [6, 6.07) is -2.78. The zero-order valence-corrected chi connectivity index (χ0v) is 21.7. The maximum Gasteiger partial charge on any atom is 0.217 e. The van der Waals surface area contributed by atoms with Gasteiger partial charge in [-0.1, -0.05) is 0 Å². The minimum absolute atomic E-state index is 0.630. The zero-order chi connectivity index (χ0) is 29.9. The van der Waals surface area contributed by atoms with Gasteiger partial charge in [0.05, 0.1) is 25.9 Å². The summed E-state index contributed by atoms with van der Waals surface area (Å²) in [5, 5.41) is 97.4. The Hall–Kier alpha value is -1.62. The van der Waals surface area contributed by atoms with E-state index < -0.39 is 124 Å². The van der Waals surface area contributed by atoms with Crippen LogP contribution in [0.2, 0.25) is 0 Å². The monoisotopic (exact) mass is 586 g/mol. The van der Waals surface area contributed by atoms with Crippen LogP contribution in [0, 0.1) is 0 Å². The molecule has 15 atom stereocenters. The van der Waals surface area contributed by atoms with Gasteiger partial charge in [-0.05, 0) is 0 Å². The third-order valence-electron chi connectivity index (χ3n) is 6.90. The summed E-state index contributed by atoms with van der Waals surface area (Å²) in [5.74, 6) is -1.26. The second kappa shape index (κ2) is 14.0. The maximum absolute atomic E-state index is 11.6. The van der Waals surface area contributed by atoms with E-state index in [1.807, 2.05) is 0 Å². The SMILES string of the molecule is CC(=O)N[C@@H]1[C@@H](O)[C@H](O[C@H]2[C@@H](O)[C@@H](CO)O[C@@H](O[C@H]3[C@H](O)[C@@H](NC(C)=O)[C@@H](O)O[C@@H]3CO)[C@@H]2O)O[C@H](CO)[C@H]1O. The molecule has 0 saturated carbocycles. The molecule has 0 aliphatic carbocycles. The summed E-state index contributed by atoms with van der Waals surface area (Å²) in [4.78, 5) is 23.1. The van der Waals surface area contributed by atoms with Gasteiger partial charge in [-0.3, -0.25) is 9.59 Å². The summed E-state index contributed by atoms with van der Waals surface area (Å²) in [5.41, 5.74) is 0. The highest BCUT2D eigenvalue weighted by Crippen LogP contribution is 2.32. The van der Waals surface area contributed by atoms with Crippen molar-refractivity contribution in [3.05, 3.63) is 0 Å². The Labute approximate surface area is 228 Å². The third kappa shape index (κ3) is 7.05. The number of ether oxygens (including phenoxy) is 5. The molecule has 3 rings (SSSR count). The lowest BCUT2D eigenvalue weighted by molar-refractivity contribution is -0.370. The number of nitrogens with one attached hydrogen (secondary N) is 2. The van der Waals surface area contributed by atoms with Crippen LogP contribution in [0.3, 0.4) is 0 Å². The van der Waals surface area contributed by atoms with Gasteiger partial charge in [0, 0.05) is 13.8 Å². The van der Waals surface area contributed by atoms with Crippen LogP contribution < -0.4 is 10.6 Å². The fraction of sp³-hybridized carbons (Fsp3) is 0.909. The van der Waals surface area contributed by atoms with Gasteiger partial charge in [-0.2, -0.15) is 0 Å². The Morgan fingerprint density at radius 1 is 0.600 bits per heavy atom. The Balaban J connectivity index is 1.83. The lowest BCUT2D eigenvalue weighted by Crippen LogP contribution is -2.69. The molecular weight excluding hydrogens is 548 g/mol. The Morgan fingerprint density at radius 3 is 1.60 bits per heavy atom. The first-order chi connectivity index (χ1) is 18.8. The van der Waals surface area contributed by atoms with E-state index in [1.54, 1.807) is 0 Å². The molecule has 0 aromatic carbocycles. The van der Waals surface area contributed by atoms with Crippen LogP contribution in [0.25, 0.3) is 0 Å². The summed E-state index contributed by atoms with van der Waals surface area (Å²) in [7, 11) is 0. The van der Waals surface area contributed by atoms with Crippen LogP contribution in [0.15, 0.2) is 0 Å². The van der Waals surface area contributed by atoms with Gasteiger partial charge in [0.15, 0.2) is 18.9 Å². The van der Waals surface area contributed by atoms with Crippen molar-refractivity contribution in [3.63, 3.8) is 0 Å². The normalized spacial score (nSPS) is 46.0. The predicted molar refractivity (Wildman–Crippen MR) is 124 cm³/mol. The number of rotatable bonds is 9. The molecule has 0 bridgehead atoms. The van der Waals surface area contributed by atoms with E-state index in [1.165, 1.54) is 0 Å². The molecule has 0 radical (unpaired) electrons. The molecule has 3 aliphatic heterocycles. The van der Waals surface area contributed by atoms with Crippen molar-refractivity contribution in [2.24, 2.45) is 0 Å². The number of hydrogen-bond acceptors (Lipinski definition) is 16. The van der Waals surface area contributed by atoms with E-state index in [9.17, 15) is 55.5 Å². The average Bonchev–Trinajstić information content (AvgIpc) is 2.90. The lowest BCUT2D eigenvalue weighted by Gasteiger charge is -2.48. The van der Waals surface area contributed by atoms with Crippen molar-refractivity contribution in [2.75, 3.05) is 19.8 Å². The van der Waals surface area contributed by atoms with Gasteiger partial charge in [-0.15, -0.1) is 0 Å². The number of aliphatic hydroxyl groups excluding tert-OH is 9. The first-order valence-corrected chi connectivity index (χ1v) is 12.6. The van der Waals surface area contributed by atoms with Crippen molar-refractivity contribution in [2.45, 2.75) is 106 Å². The molecule has 3 heterocycles. The zero-order valence-electron chi connectivity index (χ0n) is 21.7. The minimum atomic E-state index is -1.93. The minimum Gasteiger partial charge on any atom is -0.394 e. The van der Waals surface area contributed by atoms with Gasteiger partial charge in [-0.25, -0.2) is 0 Å². The fourth-order valence-electron chi connectivity index (χ4n) is 4.88. The van der Waals surface area contributed by atoms with E-state index in [-0.39, 0.29) is 0 Å². The quantitative estimate of drug-likeness (QED) is 0.120. The van der Waals surface area contributed by atoms with Crippen LogP contribution in [0.4, 0.5) is 0 Å². The van der Waals surface area contributed by atoms with Crippen LogP contribution in [0.5, 0.6) is 0 Å². The largest absolute Gasteiger partial charge is 0.394 e. The summed E-state index contributed by atoms with van der Waals surface area (Å²) in [6.07, 6.45) is -21.4. The summed E-state index contributed by atoms with van der Waals surface area (Å²) >= 11 is 0. The Kier molecular flexibility index (Phi) is 11.5. The van der Waals surface area contributed by atoms with Gasteiger partial charge in [0.2, 0.25) is 11.8 Å². The molecule has 3 fully saturated rings. The van der Waals surface area contributed by atoms with Crippen molar-refractivity contribution in [3.8, 4) is 0 Å². The molecule has 11 N–H and O–H groups in total. The van der Waals surface area contributed by atoms with Crippen molar-refractivity contribution in [1.82, 2.24) is 10.6 Å². The first-order valence-electron chi connectivity index (χ1n) is 12.6. The third-order valence-corrected chi connectivity index (χ3v) is 6.90. The molecule has 3 saturated heterocycles. The molecule has 18 nitrogen and oxygen atoms in total. The Bertz CT molecular complexity index is 854. The molecule has 18 heteroatoms. The number of aliphatic hydroxyl groups is 9. The fourth-order valence-corrected chi connectivity index (χ4v) is 4.88. The van der Waals surface area contributed by atoms with Crippen LogP contribution in [0.1, 0.15) is 13.8 Å². The van der Waals surface area contributed by atoms with Crippen LogP contribution >= 0.6 is 0 Å². The average molecular weight is 587 g/mol. The second-order valence-corrected chi connectivity index (χ2v) is 9.81. The van der Waals surface area contributed by atoms with Crippen molar-refractivity contribution >= 4 is 11.8 Å². The topological polar surface area (TPSA) is 286 Å². The van der Waals surface area contributed by atoms with Crippen molar-refractivity contribution < 1.29 is 79.2 Å². The molecular formula is C22H38N2O16. The molecule has 3 aliphatic rings. The van der Waals surface area contributed by atoms with Gasteiger partial charge in [0.1, 0.15) is 67.1 Å². The highest BCUT2D eigenvalue weighted by Gasteiger charge is 2.54. The standard InChI is InChI=1S/C22H38N2O16/c1-6(28)23-11-13(30)8(3-25)37-21(16(11)33)40-19-14(31)9(4-26)38-22(17(19)34)39-18-10(5-27)36-20(35)12(15(18)32)24-7(2)29/h8-22,25-27,30-35H,3-5H2,1-2H3,(H,23,28)(H,24,29)/t8-,9-,10-,11+,12-,13-,14+,15-,16-,17-,18-,19+,20+,21+,22+/m1/s1. The summed E-state index contributed by atoms with van der Waals surface area (Å²) < 4.78 is 27.3. The molecule has 0 unspecified atom stereocenters. The molecule has 232 valence electrons. The van der Waals surface area contributed by atoms with E-state index >= 15 is 0 Å². The number of amides is 2. The molecule has 0 aromatic heterocycles. The highest BCUT2D eigenvalue weighted by molar-refractivity contribution is 5.73. The Morgan fingerprint density at radius 2 is 1.07 bits per heavy atom. The summed E-state index contributed by atoms with van der Waals surface area (Å²) in [6.45, 7) is -0.115.